The molecule has 0 saturated heterocycles. The Balaban J connectivity index is 3.03. The summed E-state index contributed by atoms with van der Waals surface area (Å²) in [7, 11) is 0. The van der Waals surface area contributed by atoms with Gasteiger partial charge >= 0.3 is 0 Å². The SMILES string of the molecule is [CH2]CCCCCCCCCCCCCCCCCCCCCCCCCCCSCCCCCCCCCCCC(C)C. The molecule has 0 unspecified atom stereocenters. The monoisotopic (exact) mass is 622 g/mol. The molecule has 0 aliphatic carbocycles. The minimum atomic E-state index is 0.894. The molecule has 1 radical (unpaired) electrons. The van der Waals surface area contributed by atoms with Crippen LogP contribution in [-0.2, 0) is 0 Å². The van der Waals surface area contributed by atoms with E-state index in [1.165, 1.54) is 236 Å². The standard InChI is InChI=1S/C42H85S/c1-4-5-6-7-8-9-10-11-12-13-14-15-16-17-18-19-20-21-22-23-24-25-28-31-34-37-40-43-41-38-35-32-29-26-27-30-33-36-39-42(2)3/h42H,1,4-41H2,2-3H3. The quantitative estimate of drug-likeness (QED) is 0.0615. The van der Waals surface area contributed by atoms with Gasteiger partial charge in [-0.2, -0.15) is 11.8 Å². The van der Waals surface area contributed by atoms with E-state index in [1.807, 2.05) is 0 Å². The molecule has 0 spiro atoms. The minimum absolute atomic E-state index is 0.894. The van der Waals surface area contributed by atoms with Crippen LogP contribution in [-0.4, -0.2) is 11.5 Å². The van der Waals surface area contributed by atoms with Crippen LogP contribution in [0.15, 0.2) is 0 Å². The first-order valence-corrected chi connectivity index (χ1v) is 21.8. The van der Waals surface area contributed by atoms with Crippen LogP contribution in [0.1, 0.15) is 245 Å². The Bertz CT molecular complexity index is 458. The van der Waals surface area contributed by atoms with Crippen molar-refractivity contribution < 1.29 is 0 Å². The lowest BCUT2D eigenvalue weighted by atomic mass is 10.0. The van der Waals surface area contributed by atoms with Crippen LogP contribution in [0.25, 0.3) is 0 Å². The van der Waals surface area contributed by atoms with Crippen molar-refractivity contribution in [3.05, 3.63) is 6.92 Å². The van der Waals surface area contributed by atoms with Crippen LogP contribution in [0.4, 0.5) is 0 Å². The van der Waals surface area contributed by atoms with Crippen molar-refractivity contribution in [2.24, 2.45) is 5.92 Å². The molecule has 0 amide bonds. The molecule has 43 heavy (non-hydrogen) atoms. The molecule has 0 atom stereocenters. The third-order valence-electron chi connectivity index (χ3n) is 9.61. The molecular formula is C42H85S. The van der Waals surface area contributed by atoms with Gasteiger partial charge in [-0.3, -0.25) is 0 Å². The summed E-state index contributed by atoms with van der Waals surface area (Å²) in [6, 6.07) is 0. The first-order valence-electron chi connectivity index (χ1n) is 20.6. The molecule has 1 heteroatoms. The second-order valence-electron chi connectivity index (χ2n) is 14.7. The van der Waals surface area contributed by atoms with E-state index in [-0.39, 0.29) is 0 Å². The summed E-state index contributed by atoms with van der Waals surface area (Å²) in [6.45, 7) is 8.63. The summed E-state index contributed by atoms with van der Waals surface area (Å²) in [6.07, 6.45) is 52.6. The summed E-state index contributed by atoms with van der Waals surface area (Å²) in [5, 5.41) is 0. The maximum absolute atomic E-state index is 3.93. The van der Waals surface area contributed by atoms with Gasteiger partial charge in [0.2, 0.25) is 0 Å². The lowest BCUT2D eigenvalue weighted by Crippen LogP contribution is -1.88. The molecule has 0 bridgehead atoms. The molecular weight excluding hydrogens is 537 g/mol. The van der Waals surface area contributed by atoms with E-state index in [2.05, 4.69) is 32.5 Å². The van der Waals surface area contributed by atoms with Crippen molar-refractivity contribution >= 4 is 11.8 Å². The summed E-state index contributed by atoms with van der Waals surface area (Å²) in [4.78, 5) is 0. The number of hydrogen-bond donors (Lipinski definition) is 0. The van der Waals surface area contributed by atoms with Crippen molar-refractivity contribution in [2.45, 2.75) is 245 Å². The van der Waals surface area contributed by atoms with Gasteiger partial charge in [0.05, 0.1) is 0 Å². The van der Waals surface area contributed by atoms with Crippen molar-refractivity contribution in [3.63, 3.8) is 0 Å². The maximum Gasteiger partial charge on any atom is -0.00675 e. The molecule has 0 aliphatic heterocycles. The predicted octanol–water partition coefficient (Wildman–Crippen LogP) is 16.3. The molecule has 259 valence electrons. The van der Waals surface area contributed by atoms with Crippen LogP contribution in [0.3, 0.4) is 0 Å². The second-order valence-corrected chi connectivity index (χ2v) is 15.9. The normalized spacial score (nSPS) is 11.7. The van der Waals surface area contributed by atoms with Gasteiger partial charge in [0.1, 0.15) is 0 Å². The molecule has 0 heterocycles. The molecule has 0 rings (SSSR count). The highest BCUT2D eigenvalue weighted by Crippen LogP contribution is 2.18. The maximum atomic E-state index is 3.93. The molecule has 0 N–H and O–H groups in total. The fraction of sp³-hybridized carbons (Fsp3) is 0.976. The number of thioether (sulfide) groups is 1. The Labute approximate surface area is 280 Å². The Morgan fingerprint density at radius 1 is 0.302 bits per heavy atom. The smallest absolute Gasteiger partial charge is 0.00675 e. The Hall–Kier alpha value is 0.350. The number of unbranched alkanes of at least 4 members (excludes halogenated alkanes) is 33. The van der Waals surface area contributed by atoms with Gasteiger partial charge in [-0.25, -0.2) is 0 Å². The van der Waals surface area contributed by atoms with E-state index in [1.54, 1.807) is 0 Å². The third kappa shape index (κ3) is 42.4. The molecule has 0 aromatic heterocycles. The van der Waals surface area contributed by atoms with E-state index in [4.69, 9.17) is 0 Å². The number of hydrogen-bond acceptors (Lipinski definition) is 1. The van der Waals surface area contributed by atoms with E-state index < -0.39 is 0 Å². The zero-order chi connectivity index (χ0) is 31.2. The fourth-order valence-corrected chi connectivity index (χ4v) is 7.56. The highest BCUT2D eigenvalue weighted by molar-refractivity contribution is 7.99. The molecule has 0 fully saturated rings. The van der Waals surface area contributed by atoms with Gasteiger partial charge in [-0.1, -0.05) is 239 Å². The number of rotatable bonds is 39. The largest absolute Gasteiger partial charge is 0.162 e. The van der Waals surface area contributed by atoms with Gasteiger partial charge in [0, 0.05) is 0 Å². The van der Waals surface area contributed by atoms with Gasteiger partial charge in [0.15, 0.2) is 0 Å². The van der Waals surface area contributed by atoms with Crippen LogP contribution in [0.2, 0.25) is 0 Å². The van der Waals surface area contributed by atoms with E-state index in [0.29, 0.717) is 0 Å². The Morgan fingerprint density at radius 3 is 0.744 bits per heavy atom. The van der Waals surface area contributed by atoms with Crippen molar-refractivity contribution in [1.29, 1.82) is 0 Å². The lowest BCUT2D eigenvalue weighted by Gasteiger charge is -2.05. The van der Waals surface area contributed by atoms with Gasteiger partial charge in [0.25, 0.3) is 0 Å². The third-order valence-corrected chi connectivity index (χ3v) is 10.8. The van der Waals surface area contributed by atoms with Crippen molar-refractivity contribution in [3.8, 4) is 0 Å². The second kappa shape index (κ2) is 40.4. The zero-order valence-electron chi connectivity index (χ0n) is 30.6. The van der Waals surface area contributed by atoms with Crippen molar-refractivity contribution in [2.75, 3.05) is 11.5 Å². The van der Waals surface area contributed by atoms with Crippen molar-refractivity contribution in [1.82, 2.24) is 0 Å². The van der Waals surface area contributed by atoms with Gasteiger partial charge in [-0.05, 0) is 30.3 Å². The summed E-state index contributed by atoms with van der Waals surface area (Å²) in [5.41, 5.74) is 0. The molecule has 0 aromatic rings. The van der Waals surface area contributed by atoms with E-state index in [0.717, 1.165) is 12.3 Å². The molecule has 0 nitrogen and oxygen atoms in total. The van der Waals surface area contributed by atoms with Crippen LogP contribution >= 0.6 is 11.8 Å². The van der Waals surface area contributed by atoms with Crippen LogP contribution < -0.4 is 0 Å². The summed E-state index contributed by atoms with van der Waals surface area (Å²) < 4.78 is 0. The first-order chi connectivity index (χ1) is 21.3. The van der Waals surface area contributed by atoms with E-state index in [9.17, 15) is 0 Å². The molecule has 0 aromatic carbocycles. The topological polar surface area (TPSA) is 0 Å². The predicted molar refractivity (Wildman–Crippen MR) is 204 cm³/mol. The Kier molecular flexibility index (Phi) is 40.7. The molecule has 0 aliphatic rings. The fourth-order valence-electron chi connectivity index (χ4n) is 6.54. The van der Waals surface area contributed by atoms with Gasteiger partial charge < -0.3 is 0 Å². The lowest BCUT2D eigenvalue weighted by molar-refractivity contribution is 0.507. The average Bonchev–Trinajstić information content (AvgIpc) is 3.00. The Morgan fingerprint density at radius 2 is 0.512 bits per heavy atom. The summed E-state index contributed by atoms with van der Waals surface area (Å²) >= 11 is 2.22. The minimum Gasteiger partial charge on any atom is -0.162 e. The first kappa shape index (κ1) is 43.4. The zero-order valence-corrected chi connectivity index (χ0v) is 31.4. The average molecular weight is 622 g/mol. The van der Waals surface area contributed by atoms with Gasteiger partial charge in [-0.15, -0.1) is 0 Å². The highest BCUT2D eigenvalue weighted by Gasteiger charge is 1.98. The highest BCUT2D eigenvalue weighted by atomic mass is 32.2. The van der Waals surface area contributed by atoms with Crippen LogP contribution in [0.5, 0.6) is 0 Å². The van der Waals surface area contributed by atoms with E-state index >= 15 is 0 Å². The van der Waals surface area contributed by atoms with Crippen LogP contribution in [0, 0.1) is 12.8 Å². The molecule has 0 saturated carbocycles. The summed E-state index contributed by atoms with van der Waals surface area (Å²) in [5.74, 6) is 3.72.